The smallest absolute Gasteiger partial charge is 0.0615 e. The van der Waals surface area contributed by atoms with Crippen molar-refractivity contribution in [1.82, 2.24) is 0 Å². The molecule has 0 amide bonds. The van der Waals surface area contributed by atoms with E-state index in [1.807, 2.05) is 6.08 Å². The molecule has 1 aliphatic rings. The number of aliphatic hydroxyl groups excluding tert-OH is 1. The second-order valence-electron chi connectivity index (χ2n) is 4.19. The fourth-order valence-corrected chi connectivity index (χ4v) is 2.05. The summed E-state index contributed by atoms with van der Waals surface area (Å²) in [5.41, 5.74) is 2.71. The highest BCUT2D eigenvalue weighted by atomic mass is 16.2. The highest BCUT2D eigenvalue weighted by Crippen LogP contribution is 2.35. The maximum absolute atomic E-state index is 8.86. The largest absolute Gasteiger partial charge is 0.392 e. The van der Waals surface area contributed by atoms with Gasteiger partial charge >= 0.3 is 0 Å². The summed E-state index contributed by atoms with van der Waals surface area (Å²) in [5.74, 6) is 1.30. The molecule has 1 rings (SSSR count). The lowest BCUT2D eigenvalue weighted by atomic mass is 9.76. The van der Waals surface area contributed by atoms with Crippen molar-refractivity contribution in [1.29, 1.82) is 0 Å². The van der Waals surface area contributed by atoms with Gasteiger partial charge < -0.3 is 5.11 Å². The van der Waals surface area contributed by atoms with Gasteiger partial charge in [-0.25, -0.2) is 0 Å². The molecule has 0 aromatic carbocycles. The lowest BCUT2D eigenvalue weighted by Gasteiger charge is -2.29. The molecule has 0 radical (unpaired) electrons. The molecule has 1 nitrogen and oxygen atoms in total. The van der Waals surface area contributed by atoms with Crippen molar-refractivity contribution in [3.63, 3.8) is 0 Å². The maximum Gasteiger partial charge on any atom is 0.0615 e. The zero-order valence-electron chi connectivity index (χ0n) is 8.71. The summed E-state index contributed by atoms with van der Waals surface area (Å²) in [6.45, 7) is 8.55. The van der Waals surface area contributed by atoms with Gasteiger partial charge in [-0.2, -0.15) is 0 Å². The van der Waals surface area contributed by atoms with Gasteiger partial charge in [0.05, 0.1) is 6.61 Å². The Kier molecular flexibility index (Phi) is 3.73. The van der Waals surface area contributed by atoms with Crippen molar-refractivity contribution in [3.05, 3.63) is 23.8 Å². The van der Waals surface area contributed by atoms with Crippen LogP contribution in [0.2, 0.25) is 0 Å². The van der Waals surface area contributed by atoms with E-state index >= 15 is 0 Å². The molecule has 1 fully saturated rings. The van der Waals surface area contributed by atoms with Crippen LogP contribution < -0.4 is 0 Å². The highest BCUT2D eigenvalue weighted by Gasteiger charge is 2.22. The van der Waals surface area contributed by atoms with Crippen molar-refractivity contribution in [2.24, 2.45) is 11.8 Å². The minimum Gasteiger partial charge on any atom is -0.392 e. The van der Waals surface area contributed by atoms with E-state index in [1.165, 1.54) is 24.0 Å². The monoisotopic (exact) mass is 180 g/mol. The van der Waals surface area contributed by atoms with Gasteiger partial charge in [0, 0.05) is 0 Å². The first-order valence-electron chi connectivity index (χ1n) is 5.10. The molecule has 1 saturated carbocycles. The summed E-state index contributed by atoms with van der Waals surface area (Å²) in [6, 6.07) is 0. The summed E-state index contributed by atoms with van der Waals surface area (Å²) in [7, 11) is 0. The molecule has 0 bridgehead atoms. The van der Waals surface area contributed by atoms with Gasteiger partial charge in [0.15, 0.2) is 0 Å². The van der Waals surface area contributed by atoms with Gasteiger partial charge in [0.2, 0.25) is 0 Å². The number of hydrogen-bond acceptors (Lipinski definition) is 1. The van der Waals surface area contributed by atoms with Crippen molar-refractivity contribution < 1.29 is 5.11 Å². The quantitative estimate of drug-likeness (QED) is 0.648. The van der Waals surface area contributed by atoms with Crippen LogP contribution in [0.1, 0.15) is 33.1 Å². The predicted molar refractivity (Wildman–Crippen MR) is 56.5 cm³/mol. The van der Waals surface area contributed by atoms with E-state index in [-0.39, 0.29) is 6.61 Å². The van der Waals surface area contributed by atoms with Gasteiger partial charge in [-0.05, 0) is 38.0 Å². The fraction of sp³-hybridized carbons (Fsp3) is 0.667. The van der Waals surface area contributed by atoms with Crippen LogP contribution in [0.3, 0.4) is 0 Å². The Hall–Kier alpha value is -0.560. The molecule has 1 heteroatoms. The van der Waals surface area contributed by atoms with E-state index in [9.17, 15) is 0 Å². The molecule has 74 valence electrons. The Balaban J connectivity index is 2.63. The second-order valence-corrected chi connectivity index (χ2v) is 4.19. The Bertz CT molecular complexity index is 215. The van der Waals surface area contributed by atoms with Gasteiger partial charge in [0.1, 0.15) is 0 Å². The molecule has 0 aromatic heterocycles. The van der Waals surface area contributed by atoms with Crippen LogP contribution in [0, 0.1) is 11.8 Å². The molecule has 0 spiro atoms. The highest BCUT2D eigenvalue weighted by molar-refractivity contribution is 5.14. The lowest BCUT2D eigenvalue weighted by Crippen LogP contribution is -2.16. The van der Waals surface area contributed by atoms with Crippen LogP contribution in [0.4, 0.5) is 0 Å². The maximum atomic E-state index is 8.86. The average Bonchev–Trinajstić information content (AvgIpc) is 2.08. The zero-order chi connectivity index (χ0) is 9.84. The van der Waals surface area contributed by atoms with E-state index in [1.54, 1.807) is 0 Å². The van der Waals surface area contributed by atoms with E-state index < -0.39 is 0 Å². The van der Waals surface area contributed by atoms with Crippen molar-refractivity contribution in [2.45, 2.75) is 33.1 Å². The Morgan fingerprint density at radius 3 is 2.85 bits per heavy atom. The first kappa shape index (κ1) is 10.5. The predicted octanol–water partition coefficient (Wildman–Crippen LogP) is 2.92. The SMILES string of the molecule is C=C(C)[C@@H]1CC[C@@H](C)/C(=C\CO)C1. The van der Waals surface area contributed by atoms with Gasteiger partial charge in [0.25, 0.3) is 0 Å². The number of allylic oxidation sites excluding steroid dienone is 2. The first-order valence-corrected chi connectivity index (χ1v) is 5.10. The summed E-state index contributed by atoms with van der Waals surface area (Å²) < 4.78 is 0. The zero-order valence-corrected chi connectivity index (χ0v) is 8.71. The van der Waals surface area contributed by atoms with Crippen LogP contribution in [-0.2, 0) is 0 Å². The molecular weight excluding hydrogens is 160 g/mol. The van der Waals surface area contributed by atoms with Crippen LogP contribution in [0.15, 0.2) is 23.8 Å². The molecular formula is C12H20O. The minimum atomic E-state index is 0.183. The Morgan fingerprint density at radius 2 is 2.31 bits per heavy atom. The first-order chi connectivity index (χ1) is 6.15. The van der Waals surface area contributed by atoms with Gasteiger partial charge in [-0.1, -0.05) is 30.7 Å². The van der Waals surface area contributed by atoms with Crippen LogP contribution >= 0.6 is 0 Å². The minimum absolute atomic E-state index is 0.183. The molecule has 13 heavy (non-hydrogen) atoms. The molecule has 0 unspecified atom stereocenters. The van der Waals surface area contributed by atoms with Crippen LogP contribution in [0.5, 0.6) is 0 Å². The van der Waals surface area contributed by atoms with Crippen LogP contribution in [0.25, 0.3) is 0 Å². The summed E-state index contributed by atoms with van der Waals surface area (Å²) >= 11 is 0. The molecule has 1 N–H and O–H groups in total. The molecule has 0 aliphatic heterocycles. The Labute approximate surface area is 81.2 Å². The van der Waals surface area contributed by atoms with E-state index in [0.717, 1.165) is 6.42 Å². The number of rotatable bonds is 2. The standard InChI is InChI=1S/C12H20O/c1-9(2)11-5-4-10(3)12(8-11)6-7-13/h6,10-11,13H,1,4-5,7-8H2,2-3H3/b12-6-/t10-,11-/m1/s1. The molecule has 1 aliphatic carbocycles. The third kappa shape index (κ3) is 2.70. The molecule has 2 atom stereocenters. The van der Waals surface area contributed by atoms with Crippen molar-refractivity contribution in [3.8, 4) is 0 Å². The van der Waals surface area contributed by atoms with E-state index in [2.05, 4.69) is 20.4 Å². The van der Waals surface area contributed by atoms with E-state index in [0.29, 0.717) is 11.8 Å². The van der Waals surface area contributed by atoms with E-state index in [4.69, 9.17) is 5.11 Å². The van der Waals surface area contributed by atoms with Crippen LogP contribution in [-0.4, -0.2) is 11.7 Å². The third-order valence-electron chi connectivity index (χ3n) is 3.11. The topological polar surface area (TPSA) is 20.2 Å². The lowest BCUT2D eigenvalue weighted by molar-refractivity contribution is 0.334. The third-order valence-corrected chi connectivity index (χ3v) is 3.11. The summed E-state index contributed by atoms with van der Waals surface area (Å²) in [6.07, 6.45) is 5.58. The molecule has 0 saturated heterocycles. The van der Waals surface area contributed by atoms with Gasteiger partial charge in [-0.15, -0.1) is 0 Å². The fourth-order valence-electron chi connectivity index (χ4n) is 2.05. The second kappa shape index (κ2) is 4.61. The van der Waals surface area contributed by atoms with Crippen molar-refractivity contribution >= 4 is 0 Å². The normalized spacial score (nSPS) is 32.1. The summed E-state index contributed by atoms with van der Waals surface area (Å²) in [4.78, 5) is 0. The van der Waals surface area contributed by atoms with Crippen molar-refractivity contribution in [2.75, 3.05) is 6.61 Å². The van der Waals surface area contributed by atoms with Gasteiger partial charge in [-0.3, -0.25) is 0 Å². The molecule has 0 heterocycles. The number of hydrogen-bond donors (Lipinski definition) is 1. The number of aliphatic hydroxyl groups is 1. The average molecular weight is 180 g/mol. The molecule has 0 aromatic rings. The summed E-state index contributed by atoms with van der Waals surface area (Å²) in [5, 5.41) is 8.86. The Morgan fingerprint density at radius 1 is 1.62 bits per heavy atom.